The second-order valence-corrected chi connectivity index (χ2v) is 6.41. The van der Waals surface area contributed by atoms with Gasteiger partial charge in [-0.3, -0.25) is 4.79 Å². The van der Waals surface area contributed by atoms with Gasteiger partial charge in [-0.25, -0.2) is 0 Å². The molecule has 0 aliphatic heterocycles. The highest BCUT2D eigenvalue weighted by molar-refractivity contribution is 5.91. The van der Waals surface area contributed by atoms with Crippen molar-refractivity contribution in [3.05, 3.63) is 11.6 Å². The van der Waals surface area contributed by atoms with Gasteiger partial charge in [0.05, 0.1) is 0 Å². The summed E-state index contributed by atoms with van der Waals surface area (Å²) in [4.78, 5) is 11.7. The van der Waals surface area contributed by atoms with Gasteiger partial charge in [-0.1, -0.05) is 59.0 Å². The lowest BCUT2D eigenvalue weighted by Gasteiger charge is -2.30. The lowest BCUT2D eigenvalue weighted by molar-refractivity contribution is -0.117. The van der Waals surface area contributed by atoms with Gasteiger partial charge in [0, 0.05) is 6.42 Å². The average molecular weight is 236 g/mol. The fraction of sp³-hybridized carbons (Fsp3) is 0.812. The Morgan fingerprint density at radius 3 is 2.53 bits per heavy atom. The van der Waals surface area contributed by atoms with E-state index < -0.39 is 0 Å². The van der Waals surface area contributed by atoms with Crippen LogP contribution in [0.3, 0.4) is 0 Å². The molecule has 0 saturated heterocycles. The van der Waals surface area contributed by atoms with Gasteiger partial charge in [0.1, 0.15) is 0 Å². The predicted octanol–water partition coefficient (Wildman–Crippen LogP) is 4.91. The highest BCUT2D eigenvalue weighted by atomic mass is 16.1. The fourth-order valence-corrected chi connectivity index (χ4v) is 2.92. The summed E-state index contributed by atoms with van der Waals surface area (Å²) in [5.74, 6) is 1.12. The van der Waals surface area contributed by atoms with Crippen LogP contribution in [0.5, 0.6) is 0 Å². The van der Waals surface area contributed by atoms with Gasteiger partial charge in [-0.05, 0) is 30.3 Å². The number of rotatable bonds is 6. The van der Waals surface area contributed by atoms with Crippen LogP contribution >= 0.6 is 0 Å². The van der Waals surface area contributed by atoms with Crippen LogP contribution in [0.25, 0.3) is 0 Å². The van der Waals surface area contributed by atoms with Gasteiger partial charge in [-0.2, -0.15) is 0 Å². The largest absolute Gasteiger partial charge is 0.295 e. The van der Waals surface area contributed by atoms with Crippen LogP contribution in [0.1, 0.15) is 72.6 Å². The van der Waals surface area contributed by atoms with Crippen molar-refractivity contribution >= 4 is 5.78 Å². The first-order chi connectivity index (χ1) is 7.96. The first-order valence-electron chi connectivity index (χ1n) is 7.19. The van der Waals surface area contributed by atoms with E-state index in [0.717, 1.165) is 25.2 Å². The molecule has 0 aromatic heterocycles. The second kappa shape index (κ2) is 6.37. The number of carbonyl (C=O) groups excluding carboxylic acids is 1. The van der Waals surface area contributed by atoms with Crippen molar-refractivity contribution in [1.82, 2.24) is 0 Å². The number of unbranched alkanes of at least 4 members (excludes halogenated alkanes) is 1. The minimum Gasteiger partial charge on any atom is -0.295 e. The maximum absolute atomic E-state index is 11.7. The SMILES string of the molecule is CCCCC(CC)CC1=CC(=O)CC(C)(C)C1. The zero-order valence-corrected chi connectivity index (χ0v) is 12.0. The molecular weight excluding hydrogens is 208 g/mol. The van der Waals surface area contributed by atoms with E-state index in [0.29, 0.717) is 5.78 Å². The van der Waals surface area contributed by atoms with Crippen molar-refractivity contribution in [2.45, 2.75) is 72.6 Å². The minimum atomic E-state index is 0.185. The molecule has 1 rings (SSSR count). The summed E-state index contributed by atoms with van der Waals surface area (Å²) in [7, 11) is 0. The third-order valence-electron chi connectivity index (χ3n) is 3.82. The summed E-state index contributed by atoms with van der Waals surface area (Å²) < 4.78 is 0. The zero-order chi connectivity index (χ0) is 12.9. The van der Waals surface area contributed by atoms with Crippen LogP contribution in [0.4, 0.5) is 0 Å². The third kappa shape index (κ3) is 5.06. The fourth-order valence-electron chi connectivity index (χ4n) is 2.92. The van der Waals surface area contributed by atoms with Crippen molar-refractivity contribution in [3.8, 4) is 0 Å². The van der Waals surface area contributed by atoms with Crippen LogP contribution in [0.15, 0.2) is 11.6 Å². The molecule has 1 atom stereocenters. The monoisotopic (exact) mass is 236 g/mol. The molecular formula is C16H28O. The molecule has 0 radical (unpaired) electrons. The molecule has 98 valence electrons. The average Bonchev–Trinajstić information content (AvgIpc) is 2.21. The summed E-state index contributed by atoms with van der Waals surface area (Å²) in [6.07, 6.45) is 10.1. The Morgan fingerprint density at radius 1 is 1.29 bits per heavy atom. The molecule has 0 spiro atoms. The van der Waals surface area contributed by atoms with Gasteiger partial charge in [-0.15, -0.1) is 0 Å². The molecule has 0 aromatic carbocycles. The zero-order valence-electron chi connectivity index (χ0n) is 12.0. The Bertz CT molecular complexity index is 286. The van der Waals surface area contributed by atoms with Gasteiger partial charge in [0.25, 0.3) is 0 Å². The van der Waals surface area contributed by atoms with E-state index in [1.54, 1.807) is 0 Å². The smallest absolute Gasteiger partial charge is 0.156 e. The van der Waals surface area contributed by atoms with Crippen LogP contribution < -0.4 is 0 Å². The van der Waals surface area contributed by atoms with E-state index in [1.807, 2.05) is 6.08 Å². The van der Waals surface area contributed by atoms with E-state index >= 15 is 0 Å². The number of allylic oxidation sites excluding steroid dienone is 2. The van der Waals surface area contributed by atoms with Crippen LogP contribution in [-0.2, 0) is 4.79 Å². The number of ketones is 1. The van der Waals surface area contributed by atoms with Gasteiger partial charge >= 0.3 is 0 Å². The minimum absolute atomic E-state index is 0.185. The number of hydrogen-bond donors (Lipinski definition) is 0. The summed E-state index contributed by atoms with van der Waals surface area (Å²) in [5.41, 5.74) is 1.58. The molecule has 0 fully saturated rings. The van der Waals surface area contributed by atoms with E-state index in [-0.39, 0.29) is 5.41 Å². The van der Waals surface area contributed by atoms with Crippen molar-refractivity contribution in [3.63, 3.8) is 0 Å². The van der Waals surface area contributed by atoms with Gasteiger partial charge in [0.2, 0.25) is 0 Å². The van der Waals surface area contributed by atoms with Crippen LogP contribution in [-0.4, -0.2) is 5.78 Å². The molecule has 1 nitrogen and oxygen atoms in total. The molecule has 1 unspecified atom stereocenters. The van der Waals surface area contributed by atoms with Crippen molar-refractivity contribution in [2.75, 3.05) is 0 Å². The molecule has 1 heteroatoms. The highest BCUT2D eigenvalue weighted by Crippen LogP contribution is 2.37. The lowest BCUT2D eigenvalue weighted by Crippen LogP contribution is -2.22. The maximum atomic E-state index is 11.7. The summed E-state index contributed by atoms with van der Waals surface area (Å²) >= 11 is 0. The van der Waals surface area contributed by atoms with Crippen molar-refractivity contribution in [2.24, 2.45) is 11.3 Å². The second-order valence-electron chi connectivity index (χ2n) is 6.41. The Balaban J connectivity index is 2.57. The highest BCUT2D eigenvalue weighted by Gasteiger charge is 2.27. The summed E-state index contributed by atoms with van der Waals surface area (Å²) in [5, 5.41) is 0. The number of carbonyl (C=O) groups is 1. The molecule has 0 amide bonds. The molecule has 1 aliphatic carbocycles. The molecule has 0 heterocycles. The first kappa shape index (κ1) is 14.5. The Kier molecular flexibility index (Phi) is 5.42. The Hall–Kier alpha value is -0.590. The van der Waals surface area contributed by atoms with E-state index in [1.165, 1.54) is 31.3 Å². The molecule has 17 heavy (non-hydrogen) atoms. The Labute approximate surface area is 107 Å². The van der Waals surface area contributed by atoms with Crippen molar-refractivity contribution < 1.29 is 4.79 Å². The number of hydrogen-bond acceptors (Lipinski definition) is 1. The molecule has 0 N–H and O–H groups in total. The molecule has 0 aromatic rings. The van der Waals surface area contributed by atoms with Crippen LogP contribution in [0, 0.1) is 11.3 Å². The van der Waals surface area contributed by atoms with Crippen LogP contribution in [0.2, 0.25) is 0 Å². The lowest BCUT2D eigenvalue weighted by atomic mass is 9.74. The van der Waals surface area contributed by atoms with E-state index in [2.05, 4.69) is 27.7 Å². The standard InChI is InChI=1S/C16H28O/c1-5-7-8-13(6-2)9-14-10-15(17)12-16(3,4)11-14/h10,13H,5-9,11-12H2,1-4H3. The molecule has 0 saturated carbocycles. The molecule has 0 bridgehead atoms. The topological polar surface area (TPSA) is 17.1 Å². The van der Waals surface area contributed by atoms with Gasteiger partial charge < -0.3 is 0 Å². The molecule has 1 aliphatic rings. The van der Waals surface area contributed by atoms with Crippen molar-refractivity contribution in [1.29, 1.82) is 0 Å². The Morgan fingerprint density at radius 2 is 2.00 bits per heavy atom. The van der Waals surface area contributed by atoms with E-state index in [9.17, 15) is 4.79 Å². The van der Waals surface area contributed by atoms with Gasteiger partial charge in [0.15, 0.2) is 5.78 Å². The summed E-state index contributed by atoms with van der Waals surface area (Å²) in [6.45, 7) is 8.95. The third-order valence-corrected chi connectivity index (χ3v) is 3.82. The predicted molar refractivity (Wildman–Crippen MR) is 74.0 cm³/mol. The maximum Gasteiger partial charge on any atom is 0.156 e. The van der Waals surface area contributed by atoms with E-state index in [4.69, 9.17) is 0 Å². The summed E-state index contributed by atoms with van der Waals surface area (Å²) in [6, 6.07) is 0. The quantitative estimate of drug-likeness (QED) is 0.640. The first-order valence-corrected chi connectivity index (χ1v) is 7.19. The normalized spacial score (nSPS) is 21.2.